The van der Waals surface area contributed by atoms with E-state index in [-0.39, 0.29) is 44.3 Å². The molecule has 0 heterocycles. The predicted octanol–water partition coefficient (Wildman–Crippen LogP) is -4.80. The Balaban J connectivity index is -0.000000720. The molecule has 0 amide bonds. The number of rotatable bonds is 8. The van der Waals surface area contributed by atoms with Crippen molar-refractivity contribution in [3.63, 3.8) is 0 Å². The van der Waals surface area contributed by atoms with E-state index < -0.39 is 7.82 Å². The number of unbranched alkanes of at least 4 members (excludes halogenated alkanes) is 5. The van der Waals surface area contributed by atoms with Crippen molar-refractivity contribution in [2.45, 2.75) is 45.4 Å². The molecule has 15 heavy (non-hydrogen) atoms. The standard InChI is InChI=1S/C8H19O4P.2Li/c1-2-3-4-5-6-7-8-12-13(9,10)11;;/h2-8H2,1H3,(H2,9,10,11);;/q;2*+1/p-2. The van der Waals surface area contributed by atoms with Gasteiger partial charge in [0, 0.05) is 0 Å². The van der Waals surface area contributed by atoms with E-state index in [1.807, 2.05) is 0 Å². The zero-order valence-electron chi connectivity index (χ0n) is 10.0. The SMILES string of the molecule is CCCCCCCCOP(=O)([O-])[O-].[Li+].[Li+]. The third kappa shape index (κ3) is 21.2. The fraction of sp³-hybridized carbons (Fsp3) is 1.00. The van der Waals surface area contributed by atoms with E-state index in [9.17, 15) is 14.4 Å². The Hall–Kier alpha value is 1.30. The van der Waals surface area contributed by atoms with Crippen LogP contribution in [-0.2, 0) is 9.09 Å². The van der Waals surface area contributed by atoms with Gasteiger partial charge in [-0.15, -0.1) is 0 Å². The minimum Gasteiger partial charge on any atom is -0.790 e. The Bertz CT molecular complexity index is 163. The predicted molar refractivity (Wildman–Crippen MR) is 46.9 cm³/mol. The average molecular weight is 222 g/mol. The van der Waals surface area contributed by atoms with Gasteiger partial charge in [0.05, 0.1) is 14.4 Å². The molecule has 0 rings (SSSR count). The number of hydrogen-bond donors (Lipinski definition) is 0. The quantitative estimate of drug-likeness (QED) is 0.235. The second kappa shape index (κ2) is 13.4. The van der Waals surface area contributed by atoms with Gasteiger partial charge in [-0.25, -0.2) is 0 Å². The topological polar surface area (TPSA) is 72.4 Å². The van der Waals surface area contributed by atoms with Crippen LogP contribution in [0.15, 0.2) is 0 Å². The molecule has 0 unspecified atom stereocenters. The zero-order valence-corrected chi connectivity index (χ0v) is 10.9. The summed E-state index contributed by atoms with van der Waals surface area (Å²) in [4.78, 5) is 20.0. The van der Waals surface area contributed by atoms with Gasteiger partial charge >= 0.3 is 37.7 Å². The zero-order chi connectivity index (χ0) is 10.2. The Labute approximate surface area is 116 Å². The molecule has 0 N–H and O–H groups in total. The molecule has 7 heteroatoms. The van der Waals surface area contributed by atoms with E-state index in [4.69, 9.17) is 0 Å². The van der Waals surface area contributed by atoms with Crippen molar-refractivity contribution in [3.8, 4) is 0 Å². The summed E-state index contributed by atoms with van der Waals surface area (Å²) in [5, 5.41) is 0. The summed E-state index contributed by atoms with van der Waals surface area (Å²) in [6, 6.07) is 0. The van der Waals surface area contributed by atoms with E-state index in [0.717, 1.165) is 12.8 Å². The molecule has 0 saturated heterocycles. The molecule has 80 valence electrons. The molecule has 0 aromatic carbocycles. The minimum atomic E-state index is -4.73. The maximum absolute atomic E-state index is 10.0. The summed E-state index contributed by atoms with van der Waals surface area (Å²) < 4.78 is 14.1. The van der Waals surface area contributed by atoms with Gasteiger partial charge in [0.2, 0.25) is 0 Å². The van der Waals surface area contributed by atoms with Crippen molar-refractivity contribution in [3.05, 3.63) is 0 Å². The molecule has 0 saturated carbocycles. The van der Waals surface area contributed by atoms with Crippen molar-refractivity contribution < 1.29 is 56.6 Å². The van der Waals surface area contributed by atoms with E-state index >= 15 is 0 Å². The van der Waals surface area contributed by atoms with Crippen LogP contribution < -0.4 is 47.5 Å². The molecule has 0 aliphatic rings. The fourth-order valence-corrected chi connectivity index (χ4v) is 1.41. The number of phosphoric ester groups is 1. The van der Waals surface area contributed by atoms with Crippen LogP contribution in [0.5, 0.6) is 0 Å². The smallest absolute Gasteiger partial charge is 0.790 e. The van der Waals surface area contributed by atoms with Gasteiger partial charge in [-0.3, -0.25) is 0 Å². The third-order valence-corrected chi connectivity index (χ3v) is 2.25. The molecule has 0 aromatic rings. The third-order valence-electron chi connectivity index (χ3n) is 1.75. The first-order valence-electron chi connectivity index (χ1n) is 4.73. The van der Waals surface area contributed by atoms with Crippen LogP contribution in [0.3, 0.4) is 0 Å². The molecular formula is C8H17Li2O4P. The minimum absolute atomic E-state index is 0. The van der Waals surface area contributed by atoms with Crippen molar-refractivity contribution >= 4 is 7.82 Å². The Morgan fingerprint density at radius 1 is 1.00 bits per heavy atom. The van der Waals surface area contributed by atoms with Gasteiger partial charge in [0.25, 0.3) is 0 Å². The van der Waals surface area contributed by atoms with E-state index in [1.54, 1.807) is 0 Å². The van der Waals surface area contributed by atoms with Gasteiger partial charge in [0.15, 0.2) is 0 Å². The molecule has 0 fully saturated rings. The van der Waals surface area contributed by atoms with Gasteiger partial charge in [0.1, 0.15) is 0 Å². The molecule has 0 radical (unpaired) electrons. The Morgan fingerprint density at radius 2 is 1.47 bits per heavy atom. The summed E-state index contributed by atoms with van der Waals surface area (Å²) in [7, 11) is -4.73. The van der Waals surface area contributed by atoms with Crippen LogP contribution in [0.2, 0.25) is 0 Å². The monoisotopic (exact) mass is 222 g/mol. The van der Waals surface area contributed by atoms with Crippen molar-refractivity contribution in [1.29, 1.82) is 0 Å². The normalized spacial score (nSPS) is 10.3. The summed E-state index contributed by atoms with van der Waals surface area (Å²) in [5.74, 6) is 0. The first-order chi connectivity index (χ1) is 6.06. The largest absolute Gasteiger partial charge is 1.00 e. The van der Waals surface area contributed by atoms with Crippen molar-refractivity contribution in [2.24, 2.45) is 0 Å². The maximum atomic E-state index is 10.0. The van der Waals surface area contributed by atoms with Crippen LogP contribution in [0.25, 0.3) is 0 Å². The molecule has 0 bridgehead atoms. The van der Waals surface area contributed by atoms with Gasteiger partial charge < -0.3 is 18.9 Å². The first-order valence-corrected chi connectivity index (χ1v) is 6.19. The van der Waals surface area contributed by atoms with Crippen LogP contribution in [-0.4, -0.2) is 6.61 Å². The number of phosphoric acid groups is 1. The molecular weight excluding hydrogens is 205 g/mol. The number of hydrogen-bond acceptors (Lipinski definition) is 4. The molecule has 0 aliphatic carbocycles. The van der Waals surface area contributed by atoms with E-state index in [1.165, 1.54) is 19.3 Å². The molecule has 0 atom stereocenters. The second-order valence-corrected chi connectivity index (χ2v) is 4.20. The second-order valence-electron chi connectivity index (χ2n) is 3.05. The Kier molecular flexibility index (Phi) is 19.2. The van der Waals surface area contributed by atoms with Crippen LogP contribution in [0.1, 0.15) is 45.4 Å². The summed E-state index contributed by atoms with van der Waals surface area (Å²) >= 11 is 0. The van der Waals surface area contributed by atoms with Gasteiger partial charge in [-0.2, -0.15) is 0 Å². The summed E-state index contributed by atoms with van der Waals surface area (Å²) in [6.07, 6.45) is 6.23. The van der Waals surface area contributed by atoms with E-state index in [2.05, 4.69) is 11.4 Å². The summed E-state index contributed by atoms with van der Waals surface area (Å²) in [6.45, 7) is 2.17. The first kappa shape index (κ1) is 21.6. The average Bonchev–Trinajstić information content (AvgIpc) is 2.01. The fourth-order valence-electron chi connectivity index (χ4n) is 1.06. The maximum Gasteiger partial charge on any atom is 1.00 e. The van der Waals surface area contributed by atoms with Crippen LogP contribution in [0.4, 0.5) is 0 Å². The summed E-state index contributed by atoms with van der Waals surface area (Å²) in [5.41, 5.74) is 0. The molecule has 0 aromatic heterocycles. The van der Waals surface area contributed by atoms with Crippen molar-refractivity contribution in [1.82, 2.24) is 0 Å². The van der Waals surface area contributed by atoms with E-state index in [0.29, 0.717) is 6.42 Å². The van der Waals surface area contributed by atoms with Gasteiger partial charge in [-0.1, -0.05) is 39.0 Å². The molecule has 0 aliphatic heterocycles. The van der Waals surface area contributed by atoms with Crippen LogP contribution >= 0.6 is 7.82 Å². The van der Waals surface area contributed by atoms with Gasteiger partial charge in [-0.05, 0) is 6.42 Å². The molecule has 4 nitrogen and oxygen atoms in total. The van der Waals surface area contributed by atoms with Crippen molar-refractivity contribution in [2.75, 3.05) is 6.61 Å². The molecule has 0 spiro atoms. The van der Waals surface area contributed by atoms with Crippen LogP contribution in [0, 0.1) is 0 Å². The Morgan fingerprint density at radius 3 is 1.93 bits per heavy atom.